The van der Waals surface area contributed by atoms with Crippen molar-refractivity contribution in [1.82, 2.24) is 10.2 Å². The summed E-state index contributed by atoms with van der Waals surface area (Å²) in [5, 5.41) is 5.37. The number of hydrogen-bond donors (Lipinski definition) is 1. The zero-order valence-corrected chi connectivity index (χ0v) is 14.6. The molecule has 1 fully saturated rings. The fraction of sp³-hybridized carbons (Fsp3) is 0.222. The van der Waals surface area contributed by atoms with Crippen molar-refractivity contribution in [3.63, 3.8) is 0 Å². The Morgan fingerprint density at radius 3 is 2.58 bits per heavy atom. The van der Waals surface area contributed by atoms with E-state index in [0.29, 0.717) is 23.1 Å². The minimum atomic E-state index is -0.135. The lowest BCUT2D eigenvalue weighted by molar-refractivity contribution is -0.122. The number of carbonyl (C=O) groups is 1. The van der Waals surface area contributed by atoms with Gasteiger partial charge in [0.25, 0.3) is 5.91 Å². The molecule has 0 radical (unpaired) electrons. The first-order chi connectivity index (χ1) is 11.6. The molecule has 0 spiro atoms. The van der Waals surface area contributed by atoms with Crippen LogP contribution in [0.2, 0.25) is 0 Å². The predicted octanol–water partition coefficient (Wildman–Crippen LogP) is 2.93. The lowest BCUT2D eigenvalue weighted by Gasteiger charge is -2.11. The van der Waals surface area contributed by atoms with Crippen LogP contribution in [-0.4, -0.2) is 36.7 Å². The zero-order chi connectivity index (χ0) is 17.3. The summed E-state index contributed by atoms with van der Waals surface area (Å²) >= 11 is 5.21. The number of ether oxygens (including phenoxy) is 2. The second kappa shape index (κ2) is 6.49. The summed E-state index contributed by atoms with van der Waals surface area (Å²) in [6.07, 6.45) is 1.78. The van der Waals surface area contributed by atoms with Crippen molar-refractivity contribution < 1.29 is 14.3 Å². The monoisotopic (exact) mass is 342 g/mol. The second-order valence-corrected chi connectivity index (χ2v) is 5.69. The average molecular weight is 342 g/mol. The molecule has 2 aromatic carbocycles. The first-order valence-electron chi connectivity index (χ1n) is 7.58. The van der Waals surface area contributed by atoms with Crippen LogP contribution in [0.25, 0.3) is 16.8 Å². The van der Waals surface area contributed by atoms with Crippen LogP contribution in [0.1, 0.15) is 12.5 Å². The number of carbonyl (C=O) groups excluding carboxylic acids is 1. The molecule has 5 nitrogen and oxygen atoms in total. The Morgan fingerprint density at radius 1 is 1.21 bits per heavy atom. The van der Waals surface area contributed by atoms with E-state index in [-0.39, 0.29) is 5.91 Å². The molecule has 1 aliphatic heterocycles. The van der Waals surface area contributed by atoms with Crippen LogP contribution in [0.4, 0.5) is 0 Å². The maximum absolute atomic E-state index is 12.5. The highest BCUT2D eigenvalue weighted by Gasteiger charge is 2.29. The van der Waals surface area contributed by atoms with Gasteiger partial charge in [-0.2, -0.15) is 0 Å². The summed E-state index contributed by atoms with van der Waals surface area (Å²) in [4.78, 5) is 14.0. The van der Waals surface area contributed by atoms with Gasteiger partial charge in [-0.25, -0.2) is 0 Å². The van der Waals surface area contributed by atoms with Gasteiger partial charge in [-0.15, -0.1) is 0 Å². The van der Waals surface area contributed by atoms with E-state index in [1.54, 1.807) is 20.3 Å². The number of nitrogens with zero attached hydrogens (tertiary/aromatic N) is 1. The molecule has 1 N–H and O–H groups in total. The third-order valence-electron chi connectivity index (χ3n) is 4.02. The SMILES string of the molecule is CCN1C(=O)/C(=C/c2c(OC)ccc3ccc(OC)cc23)NC1=S. The predicted molar refractivity (Wildman–Crippen MR) is 98.1 cm³/mol. The maximum Gasteiger partial charge on any atom is 0.276 e. The van der Waals surface area contributed by atoms with E-state index in [2.05, 4.69) is 5.32 Å². The average Bonchev–Trinajstić information content (AvgIpc) is 2.87. The van der Waals surface area contributed by atoms with Crippen molar-refractivity contribution in [2.75, 3.05) is 20.8 Å². The van der Waals surface area contributed by atoms with Gasteiger partial charge in [0.05, 0.1) is 14.2 Å². The number of nitrogens with one attached hydrogen (secondary N) is 1. The molecule has 0 aromatic heterocycles. The highest BCUT2D eigenvalue weighted by Crippen LogP contribution is 2.33. The molecule has 3 rings (SSSR count). The zero-order valence-electron chi connectivity index (χ0n) is 13.8. The van der Waals surface area contributed by atoms with E-state index in [9.17, 15) is 4.79 Å². The first-order valence-corrected chi connectivity index (χ1v) is 7.99. The largest absolute Gasteiger partial charge is 0.497 e. The van der Waals surface area contributed by atoms with E-state index >= 15 is 0 Å². The van der Waals surface area contributed by atoms with E-state index in [1.165, 1.54) is 4.90 Å². The van der Waals surface area contributed by atoms with E-state index in [1.807, 2.05) is 37.3 Å². The molecular weight excluding hydrogens is 324 g/mol. The fourth-order valence-electron chi connectivity index (χ4n) is 2.76. The van der Waals surface area contributed by atoms with Gasteiger partial charge >= 0.3 is 0 Å². The number of rotatable bonds is 4. The number of hydrogen-bond acceptors (Lipinski definition) is 4. The van der Waals surface area contributed by atoms with E-state index in [0.717, 1.165) is 22.1 Å². The quantitative estimate of drug-likeness (QED) is 0.684. The summed E-state index contributed by atoms with van der Waals surface area (Å²) in [5.41, 5.74) is 1.25. The van der Waals surface area contributed by atoms with Crippen molar-refractivity contribution in [3.8, 4) is 11.5 Å². The summed E-state index contributed by atoms with van der Waals surface area (Å²) in [6.45, 7) is 2.42. The lowest BCUT2D eigenvalue weighted by Crippen LogP contribution is -2.30. The Labute approximate surface area is 145 Å². The third kappa shape index (κ3) is 2.69. The van der Waals surface area contributed by atoms with Crippen molar-refractivity contribution >= 4 is 40.1 Å². The summed E-state index contributed by atoms with van der Waals surface area (Å²) in [5.74, 6) is 1.29. The highest BCUT2D eigenvalue weighted by molar-refractivity contribution is 7.80. The molecule has 1 heterocycles. The molecule has 6 heteroatoms. The molecule has 0 unspecified atom stereocenters. The highest BCUT2D eigenvalue weighted by atomic mass is 32.1. The van der Waals surface area contributed by atoms with Crippen LogP contribution < -0.4 is 14.8 Å². The van der Waals surface area contributed by atoms with Gasteiger partial charge in [0.2, 0.25) is 0 Å². The van der Waals surface area contributed by atoms with Crippen LogP contribution in [0, 0.1) is 0 Å². The van der Waals surface area contributed by atoms with Gasteiger partial charge in [0, 0.05) is 12.1 Å². The number of methoxy groups -OCH3 is 2. The first kappa shape index (κ1) is 16.3. The second-order valence-electron chi connectivity index (χ2n) is 5.31. The molecule has 1 amide bonds. The van der Waals surface area contributed by atoms with Gasteiger partial charge in [-0.05, 0) is 54.2 Å². The van der Waals surface area contributed by atoms with Crippen LogP contribution >= 0.6 is 12.2 Å². The number of thiocarbonyl (C=S) groups is 1. The summed E-state index contributed by atoms with van der Waals surface area (Å²) in [6, 6.07) is 9.67. The normalized spacial score (nSPS) is 16.0. The van der Waals surface area contributed by atoms with Crippen molar-refractivity contribution in [2.24, 2.45) is 0 Å². The summed E-state index contributed by atoms with van der Waals surface area (Å²) < 4.78 is 10.8. The maximum atomic E-state index is 12.5. The van der Waals surface area contributed by atoms with Crippen LogP contribution in [0.5, 0.6) is 11.5 Å². The number of likely N-dealkylation sites (N-methyl/N-ethyl adjacent to an activating group) is 1. The van der Waals surface area contributed by atoms with Crippen LogP contribution in [0.15, 0.2) is 36.0 Å². The number of fused-ring (bicyclic) bond motifs is 1. The smallest absolute Gasteiger partial charge is 0.276 e. The Morgan fingerprint density at radius 2 is 1.96 bits per heavy atom. The van der Waals surface area contributed by atoms with E-state index in [4.69, 9.17) is 21.7 Å². The number of amides is 1. The van der Waals surface area contributed by atoms with Gasteiger partial charge in [0.1, 0.15) is 17.2 Å². The molecule has 0 aliphatic carbocycles. The standard InChI is InChI=1S/C18H18N2O3S/c1-4-20-17(21)15(19-18(20)24)10-14-13-9-12(22-2)7-5-11(13)6-8-16(14)23-3/h5-10H,4H2,1-3H3,(H,19,24)/b15-10-. The van der Waals surface area contributed by atoms with Crippen molar-refractivity contribution in [1.29, 1.82) is 0 Å². The molecular formula is C18H18N2O3S. The van der Waals surface area contributed by atoms with Crippen LogP contribution in [-0.2, 0) is 4.79 Å². The Balaban J connectivity index is 2.19. The molecule has 124 valence electrons. The Kier molecular flexibility index (Phi) is 4.40. The minimum Gasteiger partial charge on any atom is -0.497 e. The van der Waals surface area contributed by atoms with E-state index < -0.39 is 0 Å². The van der Waals surface area contributed by atoms with Crippen LogP contribution in [0.3, 0.4) is 0 Å². The Bertz CT molecular complexity index is 855. The molecule has 0 atom stereocenters. The third-order valence-corrected chi connectivity index (χ3v) is 4.34. The molecule has 24 heavy (non-hydrogen) atoms. The summed E-state index contributed by atoms with van der Waals surface area (Å²) in [7, 11) is 3.23. The lowest BCUT2D eigenvalue weighted by atomic mass is 10.0. The molecule has 0 bridgehead atoms. The number of benzene rings is 2. The fourth-order valence-corrected chi connectivity index (χ4v) is 3.08. The topological polar surface area (TPSA) is 50.8 Å². The van der Waals surface area contributed by atoms with Crippen molar-refractivity contribution in [2.45, 2.75) is 6.92 Å². The Hall–Kier alpha value is -2.60. The molecule has 1 saturated heterocycles. The molecule has 2 aromatic rings. The van der Waals surface area contributed by atoms with Crippen molar-refractivity contribution in [3.05, 3.63) is 41.6 Å². The van der Waals surface area contributed by atoms with Gasteiger partial charge in [-0.1, -0.05) is 12.1 Å². The molecule has 0 saturated carbocycles. The molecule has 1 aliphatic rings. The minimum absolute atomic E-state index is 0.135. The van der Waals surface area contributed by atoms with Gasteiger partial charge < -0.3 is 14.8 Å². The van der Waals surface area contributed by atoms with Gasteiger partial charge in [0.15, 0.2) is 5.11 Å². The van der Waals surface area contributed by atoms with Gasteiger partial charge in [-0.3, -0.25) is 9.69 Å².